The molecule has 0 atom stereocenters. The maximum absolute atomic E-state index is 13.7. The quantitative estimate of drug-likeness (QED) is 0.462. The molecule has 0 spiro atoms. The minimum Gasteiger partial charge on any atom is -0.329 e. The van der Waals surface area contributed by atoms with Crippen LogP contribution in [0.1, 0.15) is 32.2 Å². The number of hydrogen-bond acceptors (Lipinski definition) is 5. The van der Waals surface area contributed by atoms with Gasteiger partial charge in [0, 0.05) is 13.1 Å². The Hall–Kier alpha value is -3.29. The van der Waals surface area contributed by atoms with Crippen LogP contribution in [0.25, 0.3) is 10.2 Å². The van der Waals surface area contributed by atoms with E-state index in [1.807, 2.05) is 91.5 Å². The molecule has 4 aromatic rings. The van der Waals surface area contributed by atoms with E-state index in [-0.39, 0.29) is 11.5 Å². The molecule has 0 saturated heterocycles. The summed E-state index contributed by atoms with van der Waals surface area (Å²) in [4.78, 5) is 38.9. The second-order valence-corrected chi connectivity index (χ2v) is 9.12. The van der Waals surface area contributed by atoms with Crippen molar-refractivity contribution in [3.05, 3.63) is 98.4 Å². The van der Waals surface area contributed by atoms with E-state index in [0.29, 0.717) is 46.1 Å². The second-order valence-electron chi connectivity index (χ2n) is 8.12. The standard InChI is InChI=1S/C25H26N4O2S/c1-17-21-23(30)26-20(16-28(2)3)27-24(21)32-22(17)25(31)29(14-18-10-6-4-7-11-18)15-19-12-8-5-9-13-19/h4-13H,14-16H2,1-3H3,(H,26,27,30). The van der Waals surface area contributed by atoms with E-state index in [0.717, 1.165) is 11.1 Å². The van der Waals surface area contributed by atoms with Crippen molar-refractivity contribution in [1.29, 1.82) is 0 Å². The molecule has 0 radical (unpaired) electrons. The molecule has 0 aliphatic rings. The van der Waals surface area contributed by atoms with Crippen molar-refractivity contribution in [2.75, 3.05) is 14.1 Å². The van der Waals surface area contributed by atoms with Crippen LogP contribution in [0.3, 0.4) is 0 Å². The number of benzene rings is 2. The molecule has 1 N–H and O–H groups in total. The molecule has 0 aliphatic carbocycles. The zero-order chi connectivity index (χ0) is 22.7. The largest absolute Gasteiger partial charge is 0.329 e. The maximum atomic E-state index is 13.7. The first-order valence-corrected chi connectivity index (χ1v) is 11.3. The average molecular weight is 447 g/mol. The van der Waals surface area contributed by atoms with E-state index in [2.05, 4.69) is 9.97 Å². The Morgan fingerprint density at radius 3 is 2.03 bits per heavy atom. The number of hydrogen-bond donors (Lipinski definition) is 1. The normalized spacial score (nSPS) is 11.2. The Morgan fingerprint density at radius 2 is 1.50 bits per heavy atom. The lowest BCUT2D eigenvalue weighted by Gasteiger charge is -2.23. The summed E-state index contributed by atoms with van der Waals surface area (Å²) >= 11 is 1.30. The molecule has 0 bridgehead atoms. The number of aromatic amines is 1. The van der Waals surface area contributed by atoms with Gasteiger partial charge < -0.3 is 14.8 Å². The number of carbonyl (C=O) groups is 1. The number of thiophene rings is 1. The van der Waals surface area contributed by atoms with Crippen LogP contribution in [0.2, 0.25) is 0 Å². The monoisotopic (exact) mass is 446 g/mol. The lowest BCUT2D eigenvalue weighted by molar-refractivity contribution is 0.0734. The van der Waals surface area contributed by atoms with Crippen LogP contribution in [0, 0.1) is 6.92 Å². The minimum atomic E-state index is -0.197. The van der Waals surface area contributed by atoms with Crippen LogP contribution in [-0.4, -0.2) is 39.8 Å². The van der Waals surface area contributed by atoms with Gasteiger partial charge in [-0.2, -0.15) is 0 Å². The summed E-state index contributed by atoms with van der Waals surface area (Å²) in [6, 6.07) is 19.9. The number of nitrogens with one attached hydrogen (secondary N) is 1. The van der Waals surface area contributed by atoms with Crippen LogP contribution in [0.4, 0.5) is 0 Å². The summed E-state index contributed by atoms with van der Waals surface area (Å²) in [5.74, 6) is 0.505. The van der Waals surface area contributed by atoms with Gasteiger partial charge in [0.2, 0.25) is 0 Å². The summed E-state index contributed by atoms with van der Waals surface area (Å²) in [6.45, 7) is 3.33. The summed E-state index contributed by atoms with van der Waals surface area (Å²) in [6.07, 6.45) is 0. The average Bonchev–Trinajstić information content (AvgIpc) is 3.10. The van der Waals surface area contributed by atoms with Crippen LogP contribution < -0.4 is 5.56 Å². The highest BCUT2D eigenvalue weighted by Crippen LogP contribution is 2.29. The number of aromatic nitrogens is 2. The lowest BCUT2D eigenvalue weighted by atomic mass is 10.1. The molecule has 0 aliphatic heterocycles. The molecule has 164 valence electrons. The molecule has 32 heavy (non-hydrogen) atoms. The van der Waals surface area contributed by atoms with Crippen LogP contribution in [0.5, 0.6) is 0 Å². The summed E-state index contributed by atoms with van der Waals surface area (Å²) in [7, 11) is 3.84. The van der Waals surface area contributed by atoms with Crippen LogP contribution in [-0.2, 0) is 19.6 Å². The van der Waals surface area contributed by atoms with Crippen molar-refractivity contribution >= 4 is 27.5 Å². The summed E-state index contributed by atoms with van der Waals surface area (Å²) < 4.78 is 0. The molecule has 2 aromatic heterocycles. The van der Waals surface area contributed by atoms with Crippen LogP contribution in [0.15, 0.2) is 65.5 Å². The summed E-state index contributed by atoms with van der Waals surface area (Å²) in [5, 5.41) is 0.500. The number of fused-ring (bicyclic) bond motifs is 1. The predicted octanol–water partition coefficient (Wildman–Crippen LogP) is 4.20. The van der Waals surface area contributed by atoms with Crippen molar-refractivity contribution in [2.45, 2.75) is 26.6 Å². The van der Waals surface area contributed by atoms with Gasteiger partial charge in [-0.05, 0) is 37.7 Å². The Labute approximate surface area is 191 Å². The van der Waals surface area contributed by atoms with Gasteiger partial charge in [0.1, 0.15) is 10.7 Å². The van der Waals surface area contributed by atoms with Crippen molar-refractivity contribution < 1.29 is 4.79 Å². The van der Waals surface area contributed by atoms with E-state index in [1.165, 1.54) is 11.3 Å². The Bertz CT molecular complexity index is 1240. The van der Waals surface area contributed by atoms with Gasteiger partial charge in [-0.3, -0.25) is 9.59 Å². The number of amides is 1. The maximum Gasteiger partial charge on any atom is 0.264 e. The van der Waals surface area contributed by atoms with E-state index in [1.54, 1.807) is 0 Å². The third kappa shape index (κ3) is 4.79. The topological polar surface area (TPSA) is 69.3 Å². The Balaban J connectivity index is 1.73. The molecule has 2 aromatic carbocycles. The van der Waals surface area contributed by atoms with Crippen molar-refractivity contribution in [2.24, 2.45) is 0 Å². The fourth-order valence-corrected chi connectivity index (χ4v) is 4.89. The molecule has 0 saturated carbocycles. The van der Waals surface area contributed by atoms with Gasteiger partial charge in [-0.1, -0.05) is 60.7 Å². The molecule has 4 rings (SSSR count). The first kappa shape index (κ1) is 21.9. The van der Waals surface area contributed by atoms with E-state index >= 15 is 0 Å². The highest BCUT2D eigenvalue weighted by molar-refractivity contribution is 7.20. The van der Waals surface area contributed by atoms with Crippen molar-refractivity contribution in [3.63, 3.8) is 0 Å². The third-order valence-corrected chi connectivity index (χ3v) is 6.40. The summed E-state index contributed by atoms with van der Waals surface area (Å²) in [5.41, 5.74) is 2.60. The molecule has 2 heterocycles. The SMILES string of the molecule is Cc1c(C(=O)N(Cc2ccccc2)Cc2ccccc2)sc2nc(CN(C)C)[nH]c(=O)c12. The van der Waals surface area contributed by atoms with Crippen LogP contribution >= 0.6 is 11.3 Å². The van der Waals surface area contributed by atoms with E-state index in [9.17, 15) is 9.59 Å². The molecule has 6 nitrogen and oxygen atoms in total. The van der Waals surface area contributed by atoms with E-state index < -0.39 is 0 Å². The Kier molecular flexibility index (Phi) is 6.48. The fraction of sp³-hybridized carbons (Fsp3) is 0.240. The number of carbonyl (C=O) groups excluding carboxylic acids is 1. The third-order valence-electron chi connectivity index (χ3n) is 5.23. The van der Waals surface area contributed by atoms with Gasteiger partial charge >= 0.3 is 0 Å². The molecule has 1 amide bonds. The molecular formula is C25H26N4O2S. The number of H-pyrrole nitrogens is 1. The van der Waals surface area contributed by atoms with Gasteiger partial charge in [-0.15, -0.1) is 11.3 Å². The van der Waals surface area contributed by atoms with Gasteiger partial charge in [0.05, 0.1) is 16.8 Å². The van der Waals surface area contributed by atoms with Crippen molar-refractivity contribution in [3.8, 4) is 0 Å². The zero-order valence-corrected chi connectivity index (χ0v) is 19.3. The number of nitrogens with zero attached hydrogens (tertiary/aromatic N) is 3. The van der Waals surface area contributed by atoms with E-state index in [4.69, 9.17) is 0 Å². The molecule has 7 heteroatoms. The lowest BCUT2D eigenvalue weighted by Crippen LogP contribution is -2.30. The van der Waals surface area contributed by atoms with Gasteiger partial charge in [-0.25, -0.2) is 4.98 Å². The molecule has 0 unspecified atom stereocenters. The first-order chi connectivity index (χ1) is 15.4. The second kappa shape index (κ2) is 9.46. The fourth-order valence-electron chi connectivity index (χ4n) is 3.72. The molecular weight excluding hydrogens is 420 g/mol. The Morgan fingerprint density at radius 1 is 0.938 bits per heavy atom. The smallest absolute Gasteiger partial charge is 0.264 e. The van der Waals surface area contributed by atoms with Gasteiger partial charge in [0.25, 0.3) is 11.5 Å². The number of rotatable bonds is 7. The number of aryl methyl sites for hydroxylation is 1. The highest BCUT2D eigenvalue weighted by Gasteiger charge is 2.24. The first-order valence-electron chi connectivity index (χ1n) is 10.5. The molecule has 0 fully saturated rings. The minimum absolute atomic E-state index is 0.0910. The predicted molar refractivity (Wildman–Crippen MR) is 129 cm³/mol. The van der Waals surface area contributed by atoms with Gasteiger partial charge in [0.15, 0.2) is 0 Å². The zero-order valence-electron chi connectivity index (χ0n) is 18.5. The highest BCUT2D eigenvalue weighted by atomic mass is 32.1. The van der Waals surface area contributed by atoms with Crippen molar-refractivity contribution in [1.82, 2.24) is 19.8 Å².